The molecule has 9 atom stereocenters. The summed E-state index contributed by atoms with van der Waals surface area (Å²) in [6.07, 6.45) is -10.0. The molecule has 478 valence electrons. The van der Waals surface area contributed by atoms with Crippen LogP contribution < -0.4 is 16.0 Å². The highest BCUT2D eigenvalue weighted by molar-refractivity contribution is 5.76. The highest BCUT2D eigenvalue weighted by atomic mass is 16.8. The van der Waals surface area contributed by atoms with E-state index >= 15 is 0 Å². The van der Waals surface area contributed by atoms with Crippen LogP contribution in [0.3, 0.4) is 0 Å². The van der Waals surface area contributed by atoms with Crippen molar-refractivity contribution in [3.63, 3.8) is 0 Å². The lowest BCUT2D eigenvalue weighted by Gasteiger charge is -2.29. The Morgan fingerprint density at radius 2 is 0.815 bits per heavy atom. The molecule has 0 radical (unpaired) electrons. The second-order valence-corrected chi connectivity index (χ2v) is 18.4. The number of carbonyl (C=O) groups is 3. The van der Waals surface area contributed by atoms with Crippen LogP contribution in [0.25, 0.3) is 0 Å². The molecule has 1 fully saturated rings. The van der Waals surface area contributed by atoms with Crippen molar-refractivity contribution in [3.8, 4) is 0 Å². The Bertz CT molecular complexity index is 1520. The lowest BCUT2D eigenvalue weighted by molar-refractivity contribution is -0.243. The quantitative estimate of drug-likeness (QED) is 0.0117. The van der Waals surface area contributed by atoms with Gasteiger partial charge in [0.2, 0.25) is 23.5 Å². The van der Waals surface area contributed by atoms with E-state index in [2.05, 4.69) is 16.0 Å². The summed E-state index contributed by atoms with van der Waals surface area (Å²) in [5, 5.41) is 103. The molecule has 0 saturated carbocycles. The second kappa shape index (κ2) is 49.1. The highest BCUT2D eigenvalue weighted by Gasteiger charge is 2.38. The Kier molecular flexibility index (Phi) is 46.0. The molecule has 31 nitrogen and oxygen atoms in total. The summed E-state index contributed by atoms with van der Waals surface area (Å²) >= 11 is 0. The van der Waals surface area contributed by atoms with Crippen LogP contribution in [-0.4, -0.2) is 316 Å². The standard InChI is InChI=1S/C50H95N3O28/c1-36(59)41(31-57)79-47(39(62)29-55)76-25-22-70-19-16-67-13-7-51-43(64)4-10-73-33-50(3,35-75-12-6-45(66)53-9-15-69-18-21-72-24-27-78-49-46(81-49)38(61)28-54)34-74-11-5-44(65)52-8-14-68-17-20-71-23-26-77-48(40(63)30-56)80-42(32-58)37(2)60/h36-37,39-42,47-49,54-63H,4-35H2,1-3H3,(H,51,64)(H,52,65)(H,53,66)/b46-38+/t36-,37-,39+,40+,41?,42?,47?,48?,49-,50?/m0/s1. The number of aliphatic hydroxyl groups excluding tert-OH is 10. The van der Waals surface area contributed by atoms with Crippen LogP contribution in [0, 0.1) is 5.41 Å². The Labute approximate surface area is 473 Å². The van der Waals surface area contributed by atoms with Gasteiger partial charge in [0.15, 0.2) is 18.3 Å². The molecule has 0 aromatic rings. The van der Waals surface area contributed by atoms with E-state index in [4.69, 9.17) is 76.2 Å². The zero-order chi connectivity index (χ0) is 59.9. The maximum atomic E-state index is 12.5. The lowest BCUT2D eigenvalue weighted by atomic mass is 9.94. The molecule has 0 aromatic carbocycles. The minimum Gasteiger partial charge on any atom is -0.506 e. The van der Waals surface area contributed by atoms with Crippen molar-refractivity contribution in [1.29, 1.82) is 0 Å². The number of amides is 3. The number of hydrogen-bond donors (Lipinski definition) is 13. The van der Waals surface area contributed by atoms with Crippen molar-refractivity contribution in [2.45, 2.75) is 95.5 Å². The van der Waals surface area contributed by atoms with Crippen molar-refractivity contribution in [2.75, 3.05) is 191 Å². The largest absolute Gasteiger partial charge is 0.506 e. The van der Waals surface area contributed by atoms with Crippen LogP contribution in [0.1, 0.15) is 40.0 Å². The number of epoxide rings is 1. The maximum absolute atomic E-state index is 12.5. The van der Waals surface area contributed by atoms with Crippen molar-refractivity contribution in [3.05, 3.63) is 11.5 Å². The van der Waals surface area contributed by atoms with Crippen molar-refractivity contribution in [1.82, 2.24) is 16.0 Å². The van der Waals surface area contributed by atoms with Gasteiger partial charge >= 0.3 is 0 Å². The van der Waals surface area contributed by atoms with Crippen LogP contribution >= 0.6 is 0 Å². The van der Waals surface area contributed by atoms with E-state index in [0.717, 1.165) is 0 Å². The van der Waals surface area contributed by atoms with Crippen molar-refractivity contribution >= 4 is 17.7 Å². The summed E-state index contributed by atoms with van der Waals surface area (Å²) in [6, 6.07) is 0. The van der Waals surface area contributed by atoms with Gasteiger partial charge in [-0.1, -0.05) is 6.92 Å². The third-order valence-corrected chi connectivity index (χ3v) is 11.0. The zero-order valence-corrected chi connectivity index (χ0v) is 47.1. The summed E-state index contributed by atoms with van der Waals surface area (Å²) in [6.45, 7) is 5.77. The molecule has 0 spiro atoms. The first-order chi connectivity index (χ1) is 39.0. The predicted molar refractivity (Wildman–Crippen MR) is 279 cm³/mol. The molecule has 3 amide bonds. The molecule has 1 aliphatic rings. The molecule has 1 saturated heterocycles. The minimum atomic E-state index is -1.40. The van der Waals surface area contributed by atoms with E-state index in [0.29, 0.717) is 6.61 Å². The molecular weight excluding hydrogens is 1090 g/mol. The molecule has 0 aromatic heterocycles. The number of ether oxygens (including phenoxy) is 15. The Morgan fingerprint density at radius 1 is 0.481 bits per heavy atom. The molecule has 4 unspecified atom stereocenters. The van der Waals surface area contributed by atoms with Crippen LogP contribution in [0.4, 0.5) is 0 Å². The number of aliphatic hydroxyl groups is 10. The number of carbonyl (C=O) groups excluding carboxylic acids is 3. The fraction of sp³-hybridized carbons (Fsp3) is 0.900. The molecular formula is C50H95N3O28. The molecule has 31 heteroatoms. The average molecular weight is 1190 g/mol. The van der Waals surface area contributed by atoms with E-state index in [1.807, 2.05) is 6.92 Å². The molecule has 81 heavy (non-hydrogen) atoms. The molecule has 1 heterocycles. The number of nitrogens with one attached hydrogen (secondary N) is 3. The summed E-state index contributed by atoms with van der Waals surface area (Å²) in [5.41, 5.74) is -0.737. The Hall–Kier alpha value is -3.17. The first kappa shape index (κ1) is 75.8. The fourth-order valence-electron chi connectivity index (χ4n) is 6.35. The third kappa shape index (κ3) is 39.9. The molecule has 13 N–H and O–H groups in total. The van der Waals surface area contributed by atoms with Gasteiger partial charge in [-0.15, -0.1) is 0 Å². The number of hydrogen-bond acceptors (Lipinski definition) is 28. The van der Waals surface area contributed by atoms with Gasteiger partial charge in [0.05, 0.1) is 177 Å². The first-order valence-electron chi connectivity index (χ1n) is 27.0. The third-order valence-electron chi connectivity index (χ3n) is 11.0. The lowest BCUT2D eigenvalue weighted by Crippen LogP contribution is -2.42. The van der Waals surface area contributed by atoms with Crippen LogP contribution in [0.5, 0.6) is 0 Å². The SMILES string of the molecule is C[C@H](O)C(CO)OC(OCCOCCOCCNC(=O)CCOCC(C)(COCCC(=O)NCCOCCOCCOC(OC(CO)[C@H](C)O)[C@H](O)CO)COCCC(=O)NCCOCCOCCO[C@H]1O/C1=C(/O)CO)[C@H](O)CO. The van der Waals surface area contributed by atoms with Crippen LogP contribution in [0.15, 0.2) is 11.5 Å². The van der Waals surface area contributed by atoms with Gasteiger partial charge in [-0.05, 0) is 13.8 Å². The summed E-state index contributed by atoms with van der Waals surface area (Å²) < 4.78 is 82.1. The van der Waals surface area contributed by atoms with Gasteiger partial charge in [-0.3, -0.25) is 14.4 Å². The zero-order valence-electron chi connectivity index (χ0n) is 47.1. The molecule has 1 rings (SSSR count). The smallest absolute Gasteiger partial charge is 0.262 e. The average Bonchev–Trinajstić information content (AvgIpc) is 4.30. The van der Waals surface area contributed by atoms with Gasteiger partial charge < -0.3 is 138 Å². The summed E-state index contributed by atoms with van der Waals surface area (Å²) in [7, 11) is 0. The van der Waals surface area contributed by atoms with Crippen molar-refractivity contribution < 1.29 is 137 Å². The van der Waals surface area contributed by atoms with E-state index < -0.39 is 93.9 Å². The second-order valence-electron chi connectivity index (χ2n) is 18.4. The van der Waals surface area contributed by atoms with E-state index in [9.17, 15) is 60.3 Å². The Balaban J connectivity index is 2.40. The fourth-order valence-corrected chi connectivity index (χ4v) is 6.35. The summed E-state index contributed by atoms with van der Waals surface area (Å²) in [4.78, 5) is 37.5. The van der Waals surface area contributed by atoms with Crippen molar-refractivity contribution in [2.24, 2.45) is 5.41 Å². The molecule has 1 aliphatic heterocycles. The maximum Gasteiger partial charge on any atom is 0.262 e. The first-order valence-corrected chi connectivity index (χ1v) is 27.0. The van der Waals surface area contributed by atoms with Gasteiger partial charge in [-0.25, -0.2) is 0 Å². The topological polar surface area (TPSA) is 431 Å². The van der Waals surface area contributed by atoms with Crippen LogP contribution in [0.2, 0.25) is 0 Å². The molecule has 0 aliphatic carbocycles. The van der Waals surface area contributed by atoms with Gasteiger partial charge in [-0.2, -0.15) is 0 Å². The predicted octanol–water partition coefficient (Wildman–Crippen LogP) is -5.30. The summed E-state index contributed by atoms with van der Waals surface area (Å²) in [5.74, 6) is -0.861. The minimum absolute atomic E-state index is 0.0214. The van der Waals surface area contributed by atoms with Gasteiger partial charge in [0, 0.05) is 44.3 Å². The normalized spacial score (nSPS) is 17.7. The van der Waals surface area contributed by atoms with Gasteiger partial charge in [0.25, 0.3) is 6.29 Å². The number of rotatable bonds is 58. The van der Waals surface area contributed by atoms with Gasteiger partial charge in [0.1, 0.15) is 31.0 Å². The monoisotopic (exact) mass is 1190 g/mol. The Morgan fingerprint density at radius 3 is 1.14 bits per heavy atom. The van der Waals surface area contributed by atoms with E-state index in [-0.39, 0.29) is 200 Å². The van der Waals surface area contributed by atoms with E-state index in [1.54, 1.807) is 0 Å². The van der Waals surface area contributed by atoms with E-state index in [1.165, 1.54) is 13.8 Å². The van der Waals surface area contributed by atoms with Crippen LogP contribution in [-0.2, 0) is 85.4 Å². The molecule has 0 bridgehead atoms. The highest BCUT2D eigenvalue weighted by Crippen LogP contribution is 2.30.